The van der Waals surface area contributed by atoms with E-state index in [9.17, 15) is 14.4 Å². The van der Waals surface area contributed by atoms with Crippen LogP contribution in [0.15, 0.2) is 33.5 Å². The van der Waals surface area contributed by atoms with Crippen LogP contribution in [-0.4, -0.2) is 45.5 Å². The normalized spacial score (nSPS) is 18.5. The maximum Gasteiger partial charge on any atom is 0.420 e. The van der Waals surface area contributed by atoms with Crippen molar-refractivity contribution in [2.75, 3.05) is 18.5 Å². The smallest absolute Gasteiger partial charge is 0.408 e. The molecule has 1 atom stereocenters. The zero-order chi connectivity index (χ0) is 20.7. The molecule has 156 valence electrons. The first-order chi connectivity index (χ1) is 14.6. The van der Waals surface area contributed by atoms with Gasteiger partial charge in [0.1, 0.15) is 12.6 Å². The van der Waals surface area contributed by atoms with Gasteiger partial charge in [0.2, 0.25) is 5.91 Å². The molecule has 0 aliphatic carbocycles. The Bertz CT molecular complexity index is 1170. The minimum atomic E-state index is -0.542. The number of fused-ring (bicyclic) bond motifs is 2. The Hall–Kier alpha value is -2.98. The molecule has 0 bridgehead atoms. The Morgan fingerprint density at radius 2 is 2.17 bits per heavy atom. The number of nitrogens with zero attached hydrogens (tertiary/aromatic N) is 3. The van der Waals surface area contributed by atoms with Crippen molar-refractivity contribution in [3.05, 3.63) is 45.4 Å². The number of rotatable bonds is 4. The van der Waals surface area contributed by atoms with Gasteiger partial charge in [-0.25, -0.2) is 9.78 Å². The largest absolute Gasteiger partial charge is 0.420 e. The Labute approximate surface area is 175 Å². The molecule has 5 rings (SSSR count). The van der Waals surface area contributed by atoms with Crippen LogP contribution in [0.2, 0.25) is 0 Å². The van der Waals surface area contributed by atoms with E-state index >= 15 is 0 Å². The molecule has 0 saturated carbocycles. The van der Waals surface area contributed by atoms with Crippen LogP contribution in [0.25, 0.3) is 11.1 Å². The van der Waals surface area contributed by atoms with E-state index in [0.717, 1.165) is 23.4 Å². The predicted molar refractivity (Wildman–Crippen MR) is 109 cm³/mol. The van der Waals surface area contributed by atoms with Crippen molar-refractivity contribution in [2.24, 2.45) is 0 Å². The summed E-state index contributed by atoms with van der Waals surface area (Å²) in [6.45, 7) is 1.45. The lowest BCUT2D eigenvalue weighted by atomic mass is 10.2. The molecule has 2 amide bonds. The van der Waals surface area contributed by atoms with Crippen LogP contribution in [0.3, 0.4) is 0 Å². The highest BCUT2D eigenvalue weighted by atomic mass is 32.1. The lowest BCUT2D eigenvalue weighted by molar-refractivity contribution is -0.132. The van der Waals surface area contributed by atoms with Crippen molar-refractivity contribution in [2.45, 2.75) is 38.5 Å². The summed E-state index contributed by atoms with van der Waals surface area (Å²) in [6.07, 6.45) is 1.81. The van der Waals surface area contributed by atoms with E-state index in [2.05, 4.69) is 10.3 Å². The highest BCUT2D eigenvalue weighted by Gasteiger charge is 2.28. The van der Waals surface area contributed by atoms with E-state index < -0.39 is 11.9 Å². The van der Waals surface area contributed by atoms with Gasteiger partial charge in [-0.05, 0) is 25.0 Å². The van der Waals surface area contributed by atoms with Crippen molar-refractivity contribution >= 4 is 39.4 Å². The Kier molecular flexibility index (Phi) is 4.87. The Morgan fingerprint density at radius 1 is 1.30 bits per heavy atom. The minimum Gasteiger partial charge on any atom is -0.408 e. The molecule has 3 aromatic rings. The van der Waals surface area contributed by atoms with Crippen molar-refractivity contribution in [1.29, 1.82) is 0 Å². The van der Waals surface area contributed by atoms with Gasteiger partial charge in [-0.3, -0.25) is 19.5 Å². The zero-order valence-corrected chi connectivity index (χ0v) is 16.9. The summed E-state index contributed by atoms with van der Waals surface area (Å²) in [5.41, 5.74) is 1.97. The van der Waals surface area contributed by atoms with E-state index in [1.54, 1.807) is 29.2 Å². The summed E-state index contributed by atoms with van der Waals surface area (Å²) < 4.78 is 12.0. The third-order valence-corrected chi connectivity index (χ3v) is 6.40. The van der Waals surface area contributed by atoms with Crippen LogP contribution in [0, 0.1) is 0 Å². The summed E-state index contributed by atoms with van der Waals surface area (Å²) in [5.74, 6) is -0.871. The van der Waals surface area contributed by atoms with Gasteiger partial charge < -0.3 is 14.1 Å². The van der Waals surface area contributed by atoms with Crippen molar-refractivity contribution in [3.63, 3.8) is 0 Å². The van der Waals surface area contributed by atoms with Gasteiger partial charge in [0.25, 0.3) is 5.91 Å². The molecule has 4 heterocycles. The number of benzene rings is 1. The molecular formula is C20H20N4O5S. The first kappa shape index (κ1) is 19.0. The average Bonchev–Trinajstić information content (AvgIpc) is 3.46. The number of aromatic nitrogens is 2. The standard InChI is InChI=1S/C20H20N4O5S/c25-17(11-24-13-4-1-2-5-14(13)29-20(24)27)23-8-7-12-16(10-23)30-19(21-12)22-18(26)15-6-3-9-28-15/h1-2,4-5,15H,3,6-11H2,(H,21,22,26)/t15-/m1/s1. The molecule has 2 aliphatic heterocycles. The Balaban J connectivity index is 1.27. The fourth-order valence-corrected chi connectivity index (χ4v) is 4.86. The second-order valence-electron chi connectivity index (χ2n) is 7.37. The predicted octanol–water partition coefficient (Wildman–Crippen LogP) is 1.75. The average molecular weight is 428 g/mol. The summed E-state index contributed by atoms with van der Waals surface area (Å²) in [7, 11) is 0. The maximum absolute atomic E-state index is 12.9. The van der Waals surface area contributed by atoms with Gasteiger partial charge in [-0.2, -0.15) is 0 Å². The highest BCUT2D eigenvalue weighted by Crippen LogP contribution is 2.29. The molecule has 1 N–H and O–H groups in total. The number of ether oxygens (including phenoxy) is 1. The third-order valence-electron chi connectivity index (χ3n) is 5.40. The number of carbonyl (C=O) groups excluding carboxylic acids is 2. The molecule has 9 nitrogen and oxygen atoms in total. The van der Waals surface area contributed by atoms with Crippen molar-refractivity contribution in [1.82, 2.24) is 14.5 Å². The third kappa shape index (κ3) is 3.52. The van der Waals surface area contributed by atoms with E-state index in [1.807, 2.05) is 0 Å². The molecule has 1 fully saturated rings. The van der Waals surface area contributed by atoms with Gasteiger partial charge in [0.15, 0.2) is 10.7 Å². The van der Waals surface area contributed by atoms with Crippen LogP contribution in [0.5, 0.6) is 0 Å². The SMILES string of the molecule is O=C(Nc1nc2c(s1)CN(C(=O)Cn1c(=O)oc3ccccc31)CC2)[C@H]1CCCO1. The molecule has 2 aliphatic rings. The van der Waals surface area contributed by atoms with E-state index in [4.69, 9.17) is 9.15 Å². The molecule has 0 spiro atoms. The molecule has 0 radical (unpaired) electrons. The van der Waals surface area contributed by atoms with Crippen molar-refractivity contribution < 1.29 is 18.7 Å². The minimum absolute atomic E-state index is 0.0768. The molecule has 0 unspecified atom stereocenters. The number of oxazole rings is 1. The molecule has 10 heteroatoms. The zero-order valence-electron chi connectivity index (χ0n) is 16.1. The summed E-state index contributed by atoms with van der Waals surface area (Å²) in [5, 5.41) is 3.37. The number of amides is 2. The number of carbonyl (C=O) groups is 2. The van der Waals surface area contributed by atoms with E-state index in [0.29, 0.717) is 42.3 Å². The lowest BCUT2D eigenvalue weighted by Gasteiger charge is -2.26. The fourth-order valence-electron chi connectivity index (χ4n) is 3.83. The summed E-state index contributed by atoms with van der Waals surface area (Å²) in [4.78, 5) is 44.4. The number of anilines is 1. The monoisotopic (exact) mass is 428 g/mol. The van der Waals surface area contributed by atoms with Crippen molar-refractivity contribution in [3.8, 4) is 0 Å². The topological polar surface area (TPSA) is 107 Å². The van der Waals surface area contributed by atoms with Crippen LogP contribution >= 0.6 is 11.3 Å². The molecular weight excluding hydrogens is 408 g/mol. The number of para-hydroxylation sites is 2. The maximum atomic E-state index is 12.9. The molecule has 30 heavy (non-hydrogen) atoms. The summed E-state index contributed by atoms with van der Waals surface area (Å²) >= 11 is 1.38. The second-order valence-corrected chi connectivity index (χ2v) is 8.45. The lowest BCUT2D eigenvalue weighted by Crippen LogP contribution is -2.38. The van der Waals surface area contributed by atoms with Gasteiger partial charge in [-0.15, -0.1) is 0 Å². The first-order valence-corrected chi connectivity index (χ1v) is 10.7. The van der Waals surface area contributed by atoms with Crippen LogP contribution in [0.1, 0.15) is 23.4 Å². The first-order valence-electron chi connectivity index (χ1n) is 9.85. The highest BCUT2D eigenvalue weighted by molar-refractivity contribution is 7.15. The summed E-state index contributed by atoms with van der Waals surface area (Å²) in [6, 6.07) is 7.04. The number of nitrogens with one attached hydrogen (secondary N) is 1. The molecule has 1 saturated heterocycles. The van der Waals surface area contributed by atoms with Gasteiger partial charge in [0, 0.05) is 24.4 Å². The van der Waals surface area contributed by atoms with Crippen LogP contribution in [0.4, 0.5) is 5.13 Å². The van der Waals surface area contributed by atoms with Crippen LogP contribution < -0.4 is 11.1 Å². The fraction of sp³-hybridized carbons (Fsp3) is 0.400. The molecule has 2 aromatic heterocycles. The Morgan fingerprint density at radius 3 is 3.00 bits per heavy atom. The van der Waals surface area contributed by atoms with Gasteiger partial charge >= 0.3 is 5.76 Å². The molecule has 1 aromatic carbocycles. The van der Waals surface area contributed by atoms with Gasteiger partial charge in [0.05, 0.1) is 17.8 Å². The van der Waals surface area contributed by atoms with Crippen LogP contribution in [-0.2, 0) is 33.8 Å². The second kappa shape index (κ2) is 7.69. The van der Waals surface area contributed by atoms with Gasteiger partial charge in [-0.1, -0.05) is 23.5 Å². The number of hydrogen-bond donors (Lipinski definition) is 1. The number of thiazole rings is 1. The number of hydrogen-bond acceptors (Lipinski definition) is 7. The van der Waals surface area contributed by atoms with E-state index in [-0.39, 0.29) is 18.4 Å². The quantitative estimate of drug-likeness (QED) is 0.679. The van der Waals surface area contributed by atoms with E-state index in [1.165, 1.54) is 15.9 Å².